The number of para-hydroxylation sites is 1. The molecule has 19 heavy (non-hydrogen) atoms. The number of benzene rings is 1. The number of nitrogens with zero attached hydrogens (tertiary/aromatic N) is 1. The molecule has 0 fully saturated rings. The van der Waals surface area contributed by atoms with Gasteiger partial charge in [-0.3, -0.25) is 10.1 Å². The number of nitro benzene ring substituents is 1. The van der Waals surface area contributed by atoms with E-state index in [2.05, 4.69) is 11.6 Å². The molecule has 0 aliphatic heterocycles. The van der Waals surface area contributed by atoms with Gasteiger partial charge < -0.3 is 5.32 Å². The average molecular weight is 286 g/mol. The SMILES string of the molecule is CSCCCCCCNc1cccc(F)c1[N+](=O)[O-]. The lowest BCUT2D eigenvalue weighted by molar-refractivity contribution is -0.386. The Morgan fingerprint density at radius 2 is 2.05 bits per heavy atom. The molecule has 0 amide bonds. The van der Waals surface area contributed by atoms with Gasteiger partial charge >= 0.3 is 5.69 Å². The standard InChI is InChI=1S/C13H19FN2O2S/c1-19-10-5-3-2-4-9-15-12-8-6-7-11(14)13(12)16(17)18/h6-8,15H,2-5,9-10H2,1H3. The van der Waals surface area contributed by atoms with E-state index in [9.17, 15) is 14.5 Å². The largest absolute Gasteiger partial charge is 0.379 e. The van der Waals surface area contributed by atoms with Crippen LogP contribution in [0.4, 0.5) is 15.8 Å². The van der Waals surface area contributed by atoms with Crippen LogP contribution in [0.5, 0.6) is 0 Å². The first-order valence-corrected chi connectivity index (χ1v) is 7.72. The maximum atomic E-state index is 13.3. The summed E-state index contributed by atoms with van der Waals surface area (Å²) in [5.74, 6) is 0.373. The molecule has 0 unspecified atom stereocenters. The van der Waals surface area contributed by atoms with Gasteiger partial charge in [0.15, 0.2) is 0 Å². The van der Waals surface area contributed by atoms with Crippen LogP contribution in [0.3, 0.4) is 0 Å². The quantitative estimate of drug-likeness (QED) is 0.422. The highest BCUT2D eigenvalue weighted by molar-refractivity contribution is 7.98. The van der Waals surface area contributed by atoms with E-state index in [4.69, 9.17) is 0 Å². The third-order valence-electron chi connectivity index (χ3n) is 2.76. The van der Waals surface area contributed by atoms with Gasteiger partial charge in [-0.2, -0.15) is 16.2 Å². The zero-order valence-corrected chi connectivity index (χ0v) is 11.8. The summed E-state index contributed by atoms with van der Waals surface area (Å²) in [7, 11) is 0. The van der Waals surface area contributed by atoms with Gasteiger partial charge in [0.1, 0.15) is 5.69 Å². The molecule has 0 saturated carbocycles. The molecule has 106 valence electrons. The number of nitrogens with one attached hydrogen (secondary N) is 1. The van der Waals surface area contributed by atoms with E-state index in [-0.39, 0.29) is 5.69 Å². The molecule has 1 aromatic rings. The Hall–Kier alpha value is -1.30. The highest BCUT2D eigenvalue weighted by atomic mass is 32.2. The van der Waals surface area contributed by atoms with Gasteiger partial charge in [0.05, 0.1) is 4.92 Å². The third-order valence-corrected chi connectivity index (χ3v) is 3.46. The fourth-order valence-corrected chi connectivity index (χ4v) is 2.28. The minimum Gasteiger partial charge on any atom is -0.379 e. The van der Waals surface area contributed by atoms with Crippen molar-refractivity contribution >= 4 is 23.1 Å². The van der Waals surface area contributed by atoms with E-state index in [1.807, 2.05) is 11.8 Å². The zero-order chi connectivity index (χ0) is 14.1. The second kappa shape index (κ2) is 8.74. The second-order valence-electron chi connectivity index (χ2n) is 4.23. The number of rotatable bonds is 9. The van der Waals surface area contributed by atoms with Crippen molar-refractivity contribution < 1.29 is 9.31 Å². The summed E-state index contributed by atoms with van der Waals surface area (Å²) >= 11 is 1.84. The Morgan fingerprint density at radius 1 is 1.32 bits per heavy atom. The first-order chi connectivity index (χ1) is 9.16. The van der Waals surface area contributed by atoms with Crippen LogP contribution in [-0.4, -0.2) is 23.5 Å². The molecule has 0 spiro atoms. The molecule has 0 aliphatic rings. The van der Waals surface area contributed by atoms with Crippen molar-refractivity contribution in [3.63, 3.8) is 0 Å². The van der Waals surface area contributed by atoms with Crippen LogP contribution in [-0.2, 0) is 0 Å². The van der Waals surface area contributed by atoms with Crippen molar-refractivity contribution in [2.24, 2.45) is 0 Å². The number of halogens is 1. The normalized spacial score (nSPS) is 10.4. The Bertz CT molecular complexity index is 416. The van der Waals surface area contributed by atoms with Crippen LogP contribution < -0.4 is 5.32 Å². The van der Waals surface area contributed by atoms with Crippen molar-refractivity contribution in [3.05, 3.63) is 34.1 Å². The topological polar surface area (TPSA) is 55.2 Å². The van der Waals surface area contributed by atoms with Gasteiger partial charge in [-0.25, -0.2) is 0 Å². The predicted octanol–water partition coefficient (Wildman–Crippen LogP) is 4.07. The summed E-state index contributed by atoms with van der Waals surface area (Å²) in [6, 6.07) is 4.11. The molecule has 0 aliphatic carbocycles. The minimum atomic E-state index is -0.796. The van der Waals surface area contributed by atoms with Crippen molar-refractivity contribution in [2.45, 2.75) is 25.7 Å². The highest BCUT2D eigenvalue weighted by Gasteiger charge is 2.18. The third kappa shape index (κ3) is 5.46. The molecule has 4 nitrogen and oxygen atoms in total. The molecule has 0 radical (unpaired) electrons. The maximum absolute atomic E-state index is 13.3. The predicted molar refractivity (Wildman–Crippen MR) is 78.4 cm³/mol. The Morgan fingerprint density at radius 3 is 2.74 bits per heavy atom. The summed E-state index contributed by atoms with van der Waals surface area (Å²) < 4.78 is 13.3. The maximum Gasteiger partial charge on any atom is 0.327 e. The van der Waals surface area contributed by atoms with Crippen molar-refractivity contribution in [1.29, 1.82) is 0 Å². The molecule has 1 rings (SSSR count). The summed E-state index contributed by atoms with van der Waals surface area (Å²) in [5, 5.41) is 13.7. The molecule has 0 heterocycles. The van der Waals surface area contributed by atoms with Crippen LogP contribution in [0.25, 0.3) is 0 Å². The van der Waals surface area contributed by atoms with E-state index >= 15 is 0 Å². The van der Waals surface area contributed by atoms with Gasteiger partial charge in [-0.1, -0.05) is 18.9 Å². The Balaban J connectivity index is 2.37. The molecule has 0 aromatic heterocycles. The zero-order valence-electron chi connectivity index (χ0n) is 11.0. The van der Waals surface area contributed by atoms with Gasteiger partial charge in [0.2, 0.25) is 5.82 Å². The monoisotopic (exact) mass is 286 g/mol. The average Bonchev–Trinajstić information content (AvgIpc) is 2.37. The first-order valence-electron chi connectivity index (χ1n) is 6.32. The lowest BCUT2D eigenvalue weighted by atomic mass is 10.2. The number of hydrogen-bond donors (Lipinski definition) is 1. The molecule has 0 saturated heterocycles. The van der Waals surface area contributed by atoms with Crippen LogP contribution >= 0.6 is 11.8 Å². The summed E-state index contributed by atoms with van der Waals surface area (Å²) in [4.78, 5) is 10.1. The van der Waals surface area contributed by atoms with Crippen molar-refractivity contribution in [2.75, 3.05) is 23.9 Å². The van der Waals surface area contributed by atoms with Gasteiger partial charge in [-0.15, -0.1) is 0 Å². The fraction of sp³-hybridized carbons (Fsp3) is 0.538. The Kier molecular flexibility index (Phi) is 7.25. The lowest BCUT2D eigenvalue weighted by Gasteiger charge is -2.07. The number of unbranched alkanes of at least 4 members (excludes halogenated alkanes) is 3. The molecule has 1 aromatic carbocycles. The summed E-state index contributed by atoms with van der Waals surface area (Å²) in [5.41, 5.74) is -0.209. The van der Waals surface area contributed by atoms with E-state index < -0.39 is 16.4 Å². The van der Waals surface area contributed by atoms with Crippen molar-refractivity contribution in [1.82, 2.24) is 0 Å². The summed E-state index contributed by atoms with van der Waals surface area (Å²) in [6.07, 6.45) is 6.46. The molecule has 1 N–H and O–H groups in total. The van der Waals surface area contributed by atoms with E-state index in [1.54, 1.807) is 0 Å². The van der Waals surface area contributed by atoms with E-state index in [0.717, 1.165) is 25.3 Å². The summed E-state index contributed by atoms with van der Waals surface area (Å²) in [6.45, 7) is 0.629. The van der Waals surface area contributed by atoms with Gasteiger partial charge in [0, 0.05) is 6.54 Å². The minimum absolute atomic E-state index is 0.258. The highest BCUT2D eigenvalue weighted by Crippen LogP contribution is 2.27. The number of thioether (sulfide) groups is 1. The first kappa shape index (κ1) is 15.8. The second-order valence-corrected chi connectivity index (χ2v) is 5.21. The van der Waals surface area contributed by atoms with E-state index in [1.165, 1.54) is 24.3 Å². The van der Waals surface area contributed by atoms with Gasteiger partial charge in [0.25, 0.3) is 0 Å². The van der Waals surface area contributed by atoms with Crippen LogP contribution in [0.15, 0.2) is 18.2 Å². The number of hydrogen-bond acceptors (Lipinski definition) is 4. The molecular formula is C13H19FN2O2S. The lowest BCUT2D eigenvalue weighted by Crippen LogP contribution is -2.05. The van der Waals surface area contributed by atoms with Crippen LogP contribution in [0.2, 0.25) is 0 Å². The molecular weight excluding hydrogens is 267 g/mol. The fourth-order valence-electron chi connectivity index (χ4n) is 1.79. The van der Waals surface area contributed by atoms with Crippen LogP contribution in [0.1, 0.15) is 25.7 Å². The molecule has 0 atom stereocenters. The molecule has 0 bridgehead atoms. The van der Waals surface area contributed by atoms with E-state index in [0.29, 0.717) is 6.54 Å². The number of anilines is 1. The number of nitro groups is 1. The smallest absolute Gasteiger partial charge is 0.327 e. The van der Waals surface area contributed by atoms with Gasteiger partial charge in [-0.05, 0) is 37.0 Å². The van der Waals surface area contributed by atoms with Crippen molar-refractivity contribution in [3.8, 4) is 0 Å². The van der Waals surface area contributed by atoms with Crippen LogP contribution in [0, 0.1) is 15.9 Å². The Labute approximate surface area is 116 Å². The molecule has 6 heteroatoms.